The maximum Gasteiger partial charge on any atom is 0.335 e. The molecule has 1 aromatic carbocycles. The largest absolute Gasteiger partial charge is 0.478 e. The van der Waals surface area contributed by atoms with Gasteiger partial charge >= 0.3 is 5.97 Å². The number of rotatable bonds is 5. The van der Waals surface area contributed by atoms with Gasteiger partial charge in [-0.3, -0.25) is 4.79 Å². The van der Waals surface area contributed by atoms with Crippen molar-refractivity contribution in [2.75, 3.05) is 18.5 Å². The summed E-state index contributed by atoms with van der Waals surface area (Å²) in [4.78, 5) is 28.8. The average molecular weight is 305 g/mol. The van der Waals surface area contributed by atoms with E-state index in [0.29, 0.717) is 24.3 Å². The fraction of sp³-hybridized carbons (Fsp3) is 0.214. The number of thiazole rings is 1. The molecular weight excluding hydrogens is 290 g/mol. The van der Waals surface area contributed by atoms with Crippen LogP contribution < -0.4 is 10.6 Å². The predicted octanol–water partition coefficient (Wildman–Crippen LogP) is 1.62. The van der Waals surface area contributed by atoms with Gasteiger partial charge in [0.25, 0.3) is 5.91 Å². The Morgan fingerprint density at radius 1 is 1.33 bits per heavy atom. The molecule has 0 unspecified atom stereocenters. The van der Waals surface area contributed by atoms with Crippen LogP contribution in [-0.2, 0) is 6.42 Å². The smallest absolute Gasteiger partial charge is 0.335 e. The van der Waals surface area contributed by atoms with Crippen LogP contribution in [0, 0.1) is 0 Å². The van der Waals surface area contributed by atoms with E-state index in [1.165, 1.54) is 28.4 Å². The van der Waals surface area contributed by atoms with Gasteiger partial charge in [0.15, 0.2) is 0 Å². The van der Waals surface area contributed by atoms with Crippen molar-refractivity contribution in [2.45, 2.75) is 6.42 Å². The van der Waals surface area contributed by atoms with Gasteiger partial charge in [0.05, 0.1) is 10.6 Å². The number of hydrogen-bond acceptors (Lipinski definition) is 5. The van der Waals surface area contributed by atoms with Gasteiger partial charge in [-0.15, -0.1) is 11.3 Å². The number of carbonyl (C=O) groups excluding carboxylic acids is 1. The Morgan fingerprint density at radius 2 is 2.00 bits per heavy atom. The monoisotopic (exact) mass is 305 g/mol. The first-order chi connectivity index (χ1) is 10.0. The normalized spacial score (nSPS) is 10.4. The molecule has 1 aromatic heterocycles. The van der Waals surface area contributed by atoms with E-state index in [-0.39, 0.29) is 11.5 Å². The lowest BCUT2D eigenvalue weighted by molar-refractivity contribution is 0.0696. The Kier molecular flexibility index (Phi) is 4.66. The first-order valence-electron chi connectivity index (χ1n) is 6.29. The van der Waals surface area contributed by atoms with Gasteiger partial charge < -0.3 is 15.7 Å². The molecule has 0 aliphatic carbocycles. The van der Waals surface area contributed by atoms with Gasteiger partial charge in [0.1, 0.15) is 5.69 Å². The van der Waals surface area contributed by atoms with Crippen molar-refractivity contribution in [1.29, 1.82) is 0 Å². The molecule has 0 saturated heterocycles. The lowest BCUT2D eigenvalue weighted by Gasteiger charge is -2.16. The van der Waals surface area contributed by atoms with Gasteiger partial charge in [-0.25, -0.2) is 9.78 Å². The highest BCUT2D eigenvalue weighted by Crippen LogP contribution is 2.18. The maximum absolute atomic E-state index is 12.3. The van der Waals surface area contributed by atoms with E-state index >= 15 is 0 Å². The first-order valence-corrected chi connectivity index (χ1v) is 7.16. The molecule has 2 rings (SSSR count). The van der Waals surface area contributed by atoms with Crippen LogP contribution in [0.5, 0.6) is 0 Å². The molecule has 0 aliphatic rings. The third-order valence-corrected chi connectivity index (χ3v) is 3.84. The second kappa shape index (κ2) is 6.47. The summed E-state index contributed by atoms with van der Waals surface area (Å²) < 4.78 is 0. The molecule has 2 aromatic rings. The van der Waals surface area contributed by atoms with Gasteiger partial charge in [-0.05, 0) is 30.8 Å². The average Bonchev–Trinajstić information content (AvgIpc) is 2.95. The molecule has 110 valence electrons. The number of benzene rings is 1. The molecule has 3 N–H and O–H groups in total. The molecule has 1 amide bonds. The molecule has 21 heavy (non-hydrogen) atoms. The quantitative estimate of drug-likeness (QED) is 0.875. The Bertz CT molecular complexity index is 652. The molecule has 6 nitrogen and oxygen atoms in total. The van der Waals surface area contributed by atoms with Crippen molar-refractivity contribution in [2.24, 2.45) is 5.73 Å². The van der Waals surface area contributed by atoms with E-state index in [4.69, 9.17) is 10.8 Å². The zero-order valence-corrected chi connectivity index (χ0v) is 12.3. The maximum atomic E-state index is 12.3. The number of carboxylic acid groups (broad SMARTS) is 1. The van der Waals surface area contributed by atoms with Crippen molar-refractivity contribution < 1.29 is 14.7 Å². The van der Waals surface area contributed by atoms with Gasteiger partial charge in [-0.1, -0.05) is 0 Å². The van der Waals surface area contributed by atoms with Gasteiger partial charge in [0, 0.05) is 24.5 Å². The lowest BCUT2D eigenvalue weighted by Crippen LogP contribution is -2.26. The number of aromatic nitrogens is 1. The second-order valence-electron chi connectivity index (χ2n) is 4.38. The van der Waals surface area contributed by atoms with Crippen molar-refractivity contribution >= 4 is 28.9 Å². The first kappa shape index (κ1) is 15.1. The number of amides is 1. The predicted molar refractivity (Wildman–Crippen MR) is 81.0 cm³/mol. The number of anilines is 1. The number of carbonyl (C=O) groups is 2. The van der Waals surface area contributed by atoms with E-state index in [1.807, 2.05) is 0 Å². The molecule has 0 fully saturated rings. The molecule has 0 bridgehead atoms. The number of hydrogen-bond donors (Lipinski definition) is 2. The Hall–Kier alpha value is -2.25. The van der Waals surface area contributed by atoms with Crippen LogP contribution in [0.3, 0.4) is 0 Å². The van der Waals surface area contributed by atoms with Crippen molar-refractivity contribution in [3.05, 3.63) is 45.9 Å². The number of nitrogens with two attached hydrogens (primary N) is 1. The highest BCUT2D eigenvalue weighted by Gasteiger charge is 2.17. The molecule has 1 heterocycles. The lowest BCUT2D eigenvalue weighted by atomic mass is 10.2. The third kappa shape index (κ3) is 3.45. The SMILES string of the molecule is CN(C(=O)c1csc(CCN)n1)c1ccc(C(=O)O)cc1. The number of nitrogens with zero attached hydrogens (tertiary/aromatic N) is 2. The summed E-state index contributed by atoms with van der Waals surface area (Å²) in [7, 11) is 1.63. The van der Waals surface area contributed by atoms with Crippen LogP contribution in [0.25, 0.3) is 0 Å². The van der Waals surface area contributed by atoms with Crippen molar-refractivity contribution in [1.82, 2.24) is 4.98 Å². The summed E-state index contributed by atoms with van der Waals surface area (Å²) in [5.41, 5.74) is 6.62. The minimum atomic E-state index is -0.999. The zero-order valence-electron chi connectivity index (χ0n) is 11.4. The molecule has 0 radical (unpaired) electrons. The van der Waals surface area contributed by atoms with Crippen molar-refractivity contribution in [3.8, 4) is 0 Å². The summed E-state index contributed by atoms with van der Waals surface area (Å²) in [5, 5.41) is 11.4. The van der Waals surface area contributed by atoms with Crippen LogP contribution in [0.4, 0.5) is 5.69 Å². The Labute approximate surface area is 125 Å². The third-order valence-electron chi connectivity index (χ3n) is 2.94. The second-order valence-corrected chi connectivity index (χ2v) is 5.32. The van der Waals surface area contributed by atoms with E-state index in [0.717, 1.165) is 5.01 Å². The standard InChI is InChI=1S/C14H15N3O3S/c1-17(10-4-2-9(3-5-10)14(19)20)13(18)11-8-21-12(16-11)6-7-15/h2-5,8H,6-7,15H2,1H3,(H,19,20). The van der Waals surface area contributed by atoms with Gasteiger partial charge in [0.2, 0.25) is 0 Å². The summed E-state index contributed by atoms with van der Waals surface area (Å²) >= 11 is 1.41. The zero-order chi connectivity index (χ0) is 15.4. The van der Waals surface area contributed by atoms with E-state index in [9.17, 15) is 9.59 Å². The molecule has 0 aliphatic heterocycles. The number of aromatic carboxylic acids is 1. The summed E-state index contributed by atoms with van der Waals surface area (Å²) in [6.07, 6.45) is 0.648. The molecule has 7 heteroatoms. The van der Waals surface area contributed by atoms with Crippen LogP contribution in [0.15, 0.2) is 29.6 Å². The minimum absolute atomic E-state index is 0.179. The van der Waals surface area contributed by atoms with Gasteiger partial charge in [-0.2, -0.15) is 0 Å². The Balaban J connectivity index is 2.15. The van der Waals surface area contributed by atoms with Crippen LogP contribution in [0.1, 0.15) is 25.9 Å². The van der Waals surface area contributed by atoms with E-state index < -0.39 is 5.97 Å². The van der Waals surface area contributed by atoms with E-state index in [2.05, 4.69) is 4.98 Å². The van der Waals surface area contributed by atoms with Crippen molar-refractivity contribution in [3.63, 3.8) is 0 Å². The molecule has 0 saturated carbocycles. The minimum Gasteiger partial charge on any atom is -0.478 e. The summed E-state index contributed by atoms with van der Waals surface area (Å²) in [6, 6.07) is 6.10. The summed E-state index contributed by atoms with van der Waals surface area (Å²) in [5.74, 6) is -1.24. The molecule has 0 spiro atoms. The van der Waals surface area contributed by atoms with Crippen LogP contribution in [0.2, 0.25) is 0 Å². The van der Waals surface area contributed by atoms with Crippen LogP contribution in [-0.4, -0.2) is 35.6 Å². The highest BCUT2D eigenvalue weighted by molar-refractivity contribution is 7.09. The summed E-state index contributed by atoms with van der Waals surface area (Å²) in [6.45, 7) is 0.494. The Morgan fingerprint density at radius 3 is 2.57 bits per heavy atom. The fourth-order valence-corrected chi connectivity index (χ4v) is 2.55. The fourth-order valence-electron chi connectivity index (χ4n) is 1.76. The van der Waals surface area contributed by atoms with E-state index in [1.54, 1.807) is 24.6 Å². The molecular formula is C14H15N3O3S. The van der Waals surface area contributed by atoms with Crippen LogP contribution >= 0.6 is 11.3 Å². The topological polar surface area (TPSA) is 96.5 Å². The highest BCUT2D eigenvalue weighted by atomic mass is 32.1. The molecule has 0 atom stereocenters. The number of carboxylic acids is 1.